The number of likely N-dealkylation sites (N-methyl/N-ethyl adjacent to an activating group) is 1. The lowest BCUT2D eigenvalue weighted by Crippen LogP contribution is -2.58. The molecule has 0 bridgehead atoms. The molecule has 6 atom stereocenters. The van der Waals surface area contributed by atoms with Crippen LogP contribution < -0.4 is 10.6 Å². The molecule has 3 heterocycles. The molecule has 0 radical (unpaired) electrons. The van der Waals surface area contributed by atoms with Gasteiger partial charge < -0.3 is 34.6 Å². The zero-order chi connectivity index (χ0) is 50.4. The van der Waals surface area contributed by atoms with Crippen LogP contribution in [-0.4, -0.2) is 148 Å². The molecule has 3 aliphatic rings. The molecule has 2 aliphatic heterocycles. The number of benzene rings is 3. The number of tetrazole rings is 1. The normalized spacial score (nSPS) is 17.1. The van der Waals surface area contributed by atoms with Gasteiger partial charge in [-0.05, 0) is 115 Å². The zero-order valence-corrected chi connectivity index (χ0v) is 42.0. The summed E-state index contributed by atoms with van der Waals surface area (Å²) in [6, 6.07) is 22.5. The van der Waals surface area contributed by atoms with Crippen molar-refractivity contribution in [1.82, 2.24) is 45.5 Å². The molecule has 7 rings (SSSR count). The van der Waals surface area contributed by atoms with E-state index in [2.05, 4.69) is 62.0 Å². The first kappa shape index (κ1) is 52.1. The summed E-state index contributed by atoms with van der Waals surface area (Å²) in [6.07, 6.45) is 1.07. The highest BCUT2D eigenvalue weighted by atomic mass is 32.2. The number of likely N-dealkylation sites (tertiary alicyclic amines) is 2. The van der Waals surface area contributed by atoms with Gasteiger partial charge in [0.15, 0.2) is 0 Å². The predicted octanol–water partition coefficient (Wildman–Crippen LogP) is 5.15. The van der Waals surface area contributed by atoms with Gasteiger partial charge in [-0.1, -0.05) is 92.4 Å². The number of hydrogen-bond acceptors (Lipinski definition) is 12. The SMILES string of the molecule is CC(C)C(=O)N[C@H](C(=O)N1CCCC1)[C@@H](C)OCC#CC#CCOC(C)[C@H](NC(=O)[C@H](C)N(C)C(=O)OCC1c2ccccc2-c2ccccc21)C(=O)N1CCC[C@H]1Cn1nnnc1Sc1ccccc1. The molecule has 0 spiro atoms. The summed E-state index contributed by atoms with van der Waals surface area (Å²) >= 11 is 1.42. The smallest absolute Gasteiger partial charge is 0.410 e. The molecule has 4 aromatic rings. The topological polar surface area (TPSA) is 190 Å². The van der Waals surface area contributed by atoms with Gasteiger partial charge in [0.2, 0.25) is 28.8 Å². The largest absolute Gasteiger partial charge is 0.448 e. The lowest BCUT2D eigenvalue weighted by molar-refractivity contribution is -0.142. The van der Waals surface area contributed by atoms with Gasteiger partial charge in [-0.15, -0.1) is 5.10 Å². The fraction of sp³-hybridized carbons (Fsp3) is 0.472. The molecule has 1 aliphatic carbocycles. The zero-order valence-electron chi connectivity index (χ0n) is 41.2. The Labute approximate surface area is 420 Å². The molecule has 2 fully saturated rings. The molecule has 71 heavy (non-hydrogen) atoms. The Morgan fingerprint density at radius 2 is 1.32 bits per heavy atom. The number of rotatable bonds is 19. The Balaban J connectivity index is 0.991. The quantitative estimate of drug-likeness (QED) is 0.118. The van der Waals surface area contributed by atoms with Gasteiger partial charge >= 0.3 is 6.09 Å². The lowest BCUT2D eigenvalue weighted by atomic mass is 9.98. The fourth-order valence-corrected chi connectivity index (χ4v) is 9.69. The van der Waals surface area contributed by atoms with Crippen molar-refractivity contribution in [2.45, 2.75) is 119 Å². The van der Waals surface area contributed by atoms with Crippen LogP contribution in [0.15, 0.2) is 88.9 Å². The van der Waals surface area contributed by atoms with Gasteiger partial charge in [-0.3, -0.25) is 24.1 Å². The monoisotopic (exact) mass is 985 g/mol. The molecule has 2 saturated heterocycles. The minimum absolute atomic E-state index is 0.0339. The van der Waals surface area contributed by atoms with Crippen molar-refractivity contribution in [1.29, 1.82) is 0 Å². The Morgan fingerprint density at radius 3 is 1.94 bits per heavy atom. The Bertz CT molecular complexity index is 2590. The summed E-state index contributed by atoms with van der Waals surface area (Å²) in [7, 11) is 1.49. The van der Waals surface area contributed by atoms with E-state index in [1.165, 1.54) is 23.7 Å². The Morgan fingerprint density at radius 1 is 0.746 bits per heavy atom. The third-order valence-corrected chi connectivity index (χ3v) is 14.1. The van der Waals surface area contributed by atoms with Crippen LogP contribution in [0.1, 0.15) is 77.3 Å². The highest BCUT2D eigenvalue weighted by molar-refractivity contribution is 7.99. The van der Waals surface area contributed by atoms with Gasteiger partial charge in [0.1, 0.15) is 37.9 Å². The van der Waals surface area contributed by atoms with E-state index in [4.69, 9.17) is 14.2 Å². The number of hydrogen-bond donors (Lipinski definition) is 2. The summed E-state index contributed by atoms with van der Waals surface area (Å²) in [5, 5.41) is 18.7. The second kappa shape index (κ2) is 24.9. The third-order valence-electron chi connectivity index (χ3n) is 13.2. The minimum Gasteiger partial charge on any atom is -0.448 e. The second-order valence-electron chi connectivity index (χ2n) is 18.3. The van der Waals surface area contributed by atoms with E-state index >= 15 is 0 Å². The van der Waals surface area contributed by atoms with E-state index in [-0.39, 0.29) is 55.4 Å². The van der Waals surface area contributed by atoms with E-state index in [1.807, 2.05) is 66.7 Å². The maximum Gasteiger partial charge on any atom is 0.410 e. The first-order chi connectivity index (χ1) is 34.3. The first-order valence-corrected chi connectivity index (χ1v) is 25.1. The van der Waals surface area contributed by atoms with Crippen LogP contribution in [-0.2, 0) is 39.9 Å². The first-order valence-electron chi connectivity index (χ1n) is 24.3. The number of carbonyl (C=O) groups excluding carboxylic acids is 5. The molecule has 1 unspecified atom stereocenters. The van der Waals surface area contributed by atoms with Gasteiger partial charge in [-0.2, -0.15) is 0 Å². The van der Waals surface area contributed by atoms with Crippen LogP contribution in [0, 0.1) is 29.6 Å². The molecular weight excluding hydrogens is 923 g/mol. The van der Waals surface area contributed by atoms with Crippen molar-refractivity contribution in [3.63, 3.8) is 0 Å². The molecule has 5 amide bonds. The Hall–Kier alpha value is -6.73. The van der Waals surface area contributed by atoms with Crippen LogP contribution in [0.3, 0.4) is 0 Å². The standard InChI is InChI=1S/C53H63N9O8S/c1-35(2)48(63)54-46(50(65)60-28-16-17-29-60)37(4)68-31-18-7-8-19-32-69-38(5)47(51(66)61-30-20-21-39(61)33-62-52(56-57-58-62)71-40-22-10-9-11-23-40)55-49(64)36(3)59(6)53(67)70-34-45-43-26-14-12-24-41(43)42-25-13-15-27-44(42)45/h9-15,22-27,35-39,45-47H,16-17,20-21,28-34H2,1-6H3,(H,54,63)(H,55,64)/t36-,37+,38?,39-,46-,47-/m0/s1. The van der Waals surface area contributed by atoms with Gasteiger partial charge in [0.25, 0.3) is 0 Å². The van der Waals surface area contributed by atoms with Crippen LogP contribution in [0.2, 0.25) is 0 Å². The van der Waals surface area contributed by atoms with Gasteiger partial charge in [0.05, 0.1) is 24.8 Å². The van der Waals surface area contributed by atoms with Crippen LogP contribution in [0.25, 0.3) is 11.1 Å². The average molecular weight is 986 g/mol. The summed E-state index contributed by atoms with van der Waals surface area (Å²) in [5.41, 5.74) is 4.33. The molecule has 1 aromatic heterocycles. The number of aromatic nitrogens is 4. The van der Waals surface area contributed by atoms with Gasteiger partial charge in [0, 0.05) is 43.4 Å². The molecule has 2 N–H and O–H groups in total. The van der Waals surface area contributed by atoms with Gasteiger partial charge in [-0.25, -0.2) is 9.48 Å². The van der Waals surface area contributed by atoms with E-state index in [1.54, 1.807) is 49.1 Å². The van der Waals surface area contributed by atoms with E-state index in [0.29, 0.717) is 37.8 Å². The van der Waals surface area contributed by atoms with E-state index in [0.717, 1.165) is 46.4 Å². The van der Waals surface area contributed by atoms with Crippen molar-refractivity contribution < 1.29 is 38.2 Å². The molecule has 0 saturated carbocycles. The second-order valence-corrected chi connectivity index (χ2v) is 19.3. The summed E-state index contributed by atoms with van der Waals surface area (Å²) in [4.78, 5) is 73.9. The van der Waals surface area contributed by atoms with Crippen molar-refractivity contribution in [2.24, 2.45) is 5.92 Å². The predicted molar refractivity (Wildman–Crippen MR) is 266 cm³/mol. The van der Waals surface area contributed by atoms with E-state index in [9.17, 15) is 24.0 Å². The van der Waals surface area contributed by atoms with Crippen molar-refractivity contribution >= 4 is 41.5 Å². The molecular formula is C53H63N9O8S. The van der Waals surface area contributed by atoms with E-state index < -0.39 is 42.3 Å². The van der Waals surface area contributed by atoms with Crippen molar-refractivity contribution in [3.8, 4) is 34.8 Å². The average Bonchev–Trinajstić information content (AvgIpc) is 4.23. The maximum atomic E-state index is 14.7. The van der Waals surface area contributed by atoms with Crippen molar-refractivity contribution in [3.05, 3.63) is 90.0 Å². The minimum atomic E-state index is -1.16. The third kappa shape index (κ3) is 13.2. The highest BCUT2D eigenvalue weighted by Crippen LogP contribution is 2.44. The van der Waals surface area contributed by atoms with Crippen LogP contribution in [0.4, 0.5) is 4.79 Å². The molecule has 374 valence electrons. The van der Waals surface area contributed by atoms with Crippen molar-refractivity contribution in [2.75, 3.05) is 46.5 Å². The molecule has 17 nitrogen and oxygen atoms in total. The number of ether oxygens (including phenoxy) is 3. The number of fused-ring (bicyclic) bond motifs is 3. The number of amides is 5. The maximum absolute atomic E-state index is 14.7. The highest BCUT2D eigenvalue weighted by Gasteiger charge is 2.40. The van der Waals surface area contributed by atoms with Crippen LogP contribution >= 0.6 is 11.8 Å². The van der Waals surface area contributed by atoms with Crippen LogP contribution in [0.5, 0.6) is 0 Å². The molecule has 18 heteroatoms. The number of nitrogens with zero attached hydrogens (tertiary/aromatic N) is 7. The lowest BCUT2D eigenvalue weighted by Gasteiger charge is -2.33. The fourth-order valence-electron chi connectivity index (χ4n) is 8.89. The molecule has 3 aromatic carbocycles. The summed E-state index contributed by atoms with van der Waals surface area (Å²) in [6.45, 7) is 10.5. The number of nitrogens with one attached hydrogen (secondary N) is 2. The summed E-state index contributed by atoms with van der Waals surface area (Å²) < 4.78 is 19.5. The Kier molecular flexibility index (Phi) is 18.3. The number of carbonyl (C=O) groups is 5. The summed E-state index contributed by atoms with van der Waals surface area (Å²) in [5.74, 6) is 9.36.